The van der Waals surface area contributed by atoms with E-state index in [1.54, 1.807) is 6.42 Å². The van der Waals surface area contributed by atoms with Crippen LogP contribution < -0.4 is 5.32 Å². The van der Waals surface area contributed by atoms with E-state index in [4.69, 9.17) is 0 Å². The fourth-order valence-electron chi connectivity index (χ4n) is 7.60. The van der Waals surface area contributed by atoms with Crippen LogP contribution in [0.25, 0.3) is 0 Å². The third-order valence-corrected chi connectivity index (χ3v) is 7.42. The summed E-state index contributed by atoms with van der Waals surface area (Å²) in [5.41, 5.74) is 1.98. The second kappa shape index (κ2) is 4.73. The summed E-state index contributed by atoms with van der Waals surface area (Å²) in [4.78, 5) is 0. The van der Waals surface area contributed by atoms with E-state index >= 15 is 0 Å². The average molecular weight is 290 g/mol. The molecule has 21 heavy (non-hydrogen) atoms. The van der Waals surface area contributed by atoms with E-state index in [9.17, 15) is 0 Å². The van der Waals surface area contributed by atoms with E-state index in [1.807, 2.05) is 0 Å². The molecule has 4 bridgehead atoms. The van der Waals surface area contributed by atoms with Crippen LogP contribution in [0, 0.1) is 28.1 Å². The molecule has 120 valence electrons. The summed E-state index contributed by atoms with van der Waals surface area (Å²) < 4.78 is 0. The van der Waals surface area contributed by atoms with Gasteiger partial charge in [0, 0.05) is 6.04 Å². The molecule has 5 aliphatic carbocycles. The van der Waals surface area contributed by atoms with Crippen molar-refractivity contribution in [2.75, 3.05) is 6.54 Å². The van der Waals surface area contributed by atoms with Crippen molar-refractivity contribution in [2.45, 2.75) is 91.0 Å². The van der Waals surface area contributed by atoms with Gasteiger partial charge in [-0.3, -0.25) is 0 Å². The summed E-state index contributed by atoms with van der Waals surface area (Å²) in [6.45, 7) is 8.71. The molecule has 0 aromatic rings. The number of nitrogens with one attached hydrogen (secondary N) is 1. The summed E-state index contributed by atoms with van der Waals surface area (Å²) >= 11 is 0. The van der Waals surface area contributed by atoms with Crippen LogP contribution in [-0.2, 0) is 0 Å². The van der Waals surface area contributed by atoms with E-state index in [0.29, 0.717) is 16.2 Å². The molecule has 0 heterocycles. The molecule has 0 amide bonds. The van der Waals surface area contributed by atoms with Gasteiger partial charge in [0.2, 0.25) is 0 Å². The molecule has 3 unspecified atom stereocenters. The molecule has 1 heteroatoms. The minimum atomic E-state index is 0.647. The third-order valence-electron chi connectivity index (χ3n) is 7.42. The van der Waals surface area contributed by atoms with E-state index in [0.717, 1.165) is 24.4 Å². The van der Waals surface area contributed by atoms with Crippen molar-refractivity contribution in [3.05, 3.63) is 0 Å². The van der Waals surface area contributed by atoms with Crippen LogP contribution in [0.1, 0.15) is 85.0 Å². The fourth-order valence-corrected chi connectivity index (χ4v) is 7.60. The Bertz CT molecular complexity index is 392. The van der Waals surface area contributed by atoms with Gasteiger partial charge in [-0.2, -0.15) is 0 Å². The van der Waals surface area contributed by atoms with Gasteiger partial charge in [-0.05, 0) is 86.0 Å². The number of hydrogen-bond acceptors (Lipinski definition) is 1. The Morgan fingerprint density at radius 1 is 1.00 bits per heavy atom. The molecule has 5 fully saturated rings. The normalized spacial score (nSPS) is 49.6. The average Bonchev–Trinajstić information content (AvgIpc) is 3.13. The molecule has 0 saturated heterocycles. The van der Waals surface area contributed by atoms with Gasteiger partial charge < -0.3 is 5.32 Å². The van der Waals surface area contributed by atoms with Crippen molar-refractivity contribution in [1.29, 1.82) is 0 Å². The highest BCUT2D eigenvalue weighted by Gasteiger charge is 2.61. The van der Waals surface area contributed by atoms with E-state index in [1.165, 1.54) is 57.8 Å². The van der Waals surface area contributed by atoms with Crippen LogP contribution in [0.5, 0.6) is 0 Å². The minimum Gasteiger partial charge on any atom is -0.314 e. The summed E-state index contributed by atoms with van der Waals surface area (Å²) in [6.07, 6.45) is 15.2. The molecule has 3 atom stereocenters. The zero-order valence-electron chi connectivity index (χ0n) is 14.5. The largest absolute Gasteiger partial charge is 0.314 e. The van der Waals surface area contributed by atoms with Gasteiger partial charge in [-0.15, -0.1) is 0 Å². The molecular formula is C20H35N. The van der Waals surface area contributed by atoms with E-state index in [2.05, 4.69) is 26.1 Å². The number of hydrogen-bond donors (Lipinski definition) is 1. The lowest BCUT2D eigenvalue weighted by Crippen LogP contribution is -2.61. The van der Waals surface area contributed by atoms with Gasteiger partial charge in [0.05, 0.1) is 0 Å². The summed E-state index contributed by atoms with van der Waals surface area (Å²) in [7, 11) is 0. The fraction of sp³-hybridized carbons (Fsp3) is 1.00. The van der Waals surface area contributed by atoms with Gasteiger partial charge in [-0.25, -0.2) is 0 Å². The molecule has 0 spiro atoms. The summed E-state index contributed by atoms with van der Waals surface area (Å²) in [5.74, 6) is 2.13. The Morgan fingerprint density at radius 2 is 1.67 bits per heavy atom. The standard InChI is InChI=1S/C20H35N/c1-4-21-17(8-7-15-5-6-15)20-11-16-9-18(2,13-20)12-19(3,10-16)14-20/h15-17,21H,4-14H2,1-3H3. The van der Waals surface area contributed by atoms with Gasteiger partial charge in [0.1, 0.15) is 0 Å². The molecule has 0 radical (unpaired) electrons. The van der Waals surface area contributed by atoms with Crippen LogP contribution in [0.15, 0.2) is 0 Å². The van der Waals surface area contributed by atoms with Crippen LogP contribution >= 0.6 is 0 Å². The monoisotopic (exact) mass is 289 g/mol. The first kappa shape index (κ1) is 14.5. The quantitative estimate of drug-likeness (QED) is 0.713. The molecule has 5 rings (SSSR count). The highest BCUT2D eigenvalue weighted by Crippen LogP contribution is 2.70. The van der Waals surface area contributed by atoms with Crippen molar-refractivity contribution in [1.82, 2.24) is 5.32 Å². The van der Waals surface area contributed by atoms with Crippen molar-refractivity contribution >= 4 is 0 Å². The van der Waals surface area contributed by atoms with E-state index in [-0.39, 0.29) is 0 Å². The van der Waals surface area contributed by atoms with E-state index < -0.39 is 0 Å². The van der Waals surface area contributed by atoms with Crippen molar-refractivity contribution in [3.8, 4) is 0 Å². The van der Waals surface area contributed by atoms with Crippen LogP contribution in [0.3, 0.4) is 0 Å². The molecule has 1 nitrogen and oxygen atoms in total. The smallest absolute Gasteiger partial charge is 0.0124 e. The molecule has 0 aromatic carbocycles. The van der Waals surface area contributed by atoms with Crippen LogP contribution in [0.2, 0.25) is 0 Å². The first-order chi connectivity index (χ1) is 9.94. The zero-order valence-corrected chi connectivity index (χ0v) is 14.5. The van der Waals surface area contributed by atoms with Crippen molar-refractivity contribution in [3.63, 3.8) is 0 Å². The lowest BCUT2D eigenvalue weighted by molar-refractivity contribution is -0.158. The topological polar surface area (TPSA) is 12.0 Å². The lowest BCUT2D eigenvalue weighted by atomic mass is 9.39. The maximum Gasteiger partial charge on any atom is 0.0124 e. The lowest BCUT2D eigenvalue weighted by Gasteiger charge is -2.67. The first-order valence-corrected chi connectivity index (χ1v) is 9.68. The van der Waals surface area contributed by atoms with Gasteiger partial charge >= 0.3 is 0 Å². The number of rotatable bonds is 6. The maximum atomic E-state index is 3.96. The highest BCUT2D eigenvalue weighted by molar-refractivity contribution is 5.13. The maximum absolute atomic E-state index is 3.96. The van der Waals surface area contributed by atoms with Gasteiger partial charge in [-0.1, -0.05) is 33.6 Å². The van der Waals surface area contributed by atoms with Gasteiger partial charge in [0.15, 0.2) is 0 Å². The van der Waals surface area contributed by atoms with Gasteiger partial charge in [0.25, 0.3) is 0 Å². The van der Waals surface area contributed by atoms with Crippen molar-refractivity contribution in [2.24, 2.45) is 28.1 Å². The minimum absolute atomic E-state index is 0.647. The van der Waals surface area contributed by atoms with Crippen molar-refractivity contribution < 1.29 is 0 Å². The Balaban J connectivity index is 1.57. The Morgan fingerprint density at radius 3 is 2.19 bits per heavy atom. The summed E-state index contributed by atoms with van der Waals surface area (Å²) in [6, 6.07) is 0.810. The first-order valence-electron chi connectivity index (χ1n) is 9.68. The predicted octanol–water partition coefficient (Wildman–Crippen LogP) is 5.15. The second-order valence-electron chi connectivity index (χ2n) is 10.1. The predicted molar refractivity (Wildman–Crippen MR) is 89.3 cm³/mol. The molecule has 5 saturated carbocycles. The SMILES string of the molecule is CCNC(CCC1CC1)C12CC3CC(C)(CC(C)(C3)C1)C2. The van der Waals surface area contributed by atoms with Crippen LogP contribution in [0.4, 0.5) is 0 Å². The molecule has 0 aliphatic heterocycles. The summed E-state index contributed by atoms with van der Waals surface area (Å²) in [5, 5.41) is 3.96. The zero-order chi connectivity index (χ0) is 14.7. The molecular weight excluding hydrogens is 254 g/mol. The molecule has 1 N–H and O–H groups in total. The second-order valence-corrected chi connectivity index (χ2v) is 10.1. The van der Waals surface area contributed by atoms with Crippen LogP contribution in [-0.4, -0.2) is 12.6 Å². The molecule has 0 aromatic heterocycles. The third kappa shape index (κ3) is 2.58. The highest BCUT2D eigenvalue weighted by atomic mass is 14.9. The molecule has 5 aliphatic rings. The Hall–Kier alpha value is -0.0400. The Labute approximate surface area is 131 Å². The Kier molecular flexibility index (Phi) is 3.27.